The van der Waals surface area contributed by atoms with Crippen LogP contribution in [0.25, 0.3) is 5.76 Å². The predicted octanol–water partition coefficient (Wildman–Crippen LogP) is 3.95. The number of carbonyl (C=O) groups excluding carboxylic acids is 2. The largest absolute Gasteiger partial charge is 0.507 e. The van der Waals surface area contributed by atoms with Crippen LogP contribution < -0.4 is 4.74 Å². The molecule has 1 N–H and O–H groups in total. The van der Waals surface area contributed by atoms with Gasteiger partial charge in [-0.15, -0.1) is 0 Å². The SMILES string of the molecule is COc1ccc(/C(O)=C2\C(=O)C(=O)N(C[C@H]3CCCO3)[C@@H]2c2ccccc2Cl)cc1. The third-order valence-electron chi connectivity index (χ3n) is 5.53. The first kappa shape index (κ1) is 20.4. The Kier molecular flexibility index (Phi) is 5.79. The number of nitrogens with zero attached hydrogens (tertiary/aromatic N) is 1. The number of amides is 1. The van der Waals surface area contributed by atoms with Crippen LogP contribution in [-0.2, 0) is 14.3 Å². The Morgan fingerprint density at radius 3 is 2.57 bits per heavy atom. The van der Waals surface area contributed by atoms with E-state index in [2.05, 4.69) is 0 Å². The van der Waals surface area contributed by atoms with Crippen molar-refractivity contribution in [3.05, 3.63) is 70.3 Å². The van der Waals surface area contributed by atoms with Crippen LogP contribution in [0, 0.1) is 0 Å². The van der Waals surface area contributed by atoms with E-state index in [1.54, 1.807) is 55.6 Å². The van der Waals surface area contributed by atoms with Gasteiger partial charge in [-0.1, -0.05) is 29.8 Å². The van der Waals surface area contributed by atoms with E-state index in [0.717, 1.165) is 12.8 Å². The second-order valence-electron chi connectivity index (χ2n) is 7.34. The standard InChI is InChI=1S/C23H22ClNO5/c1-29-15-10-8-14(9-11-15)21(26)19-20(17-6-2-3-7-18(17)24)25(23(28)22(19)27)13-16-5-4-12-30-16/h2-3,6-11,16,20,26H,4-5,12-13H2,1H3/b21-19+/t16-,20-/m1/s1. The zero-order valence-corrected chi connectivity index (χ0v) is 17.3. The van der Waals surface area contributed by atoms with Gasteiger partial charge >= 0.3 is 0 Å². The van der Waals surface area contributed by atoms with Crippen LogP contribution in [0.2, 0.25) is 5.02 Å². The Morgan fingerprint density at radius 2 is 1.93 bits per heavy atom. The van der Waals surface area contributed by atoms with Crippen molar-refractivity contribution >= 4 is 29.1 Å². The van der Waals surface area contributed by atoms with Crippen molar-refractivity contribution in [2.75, 3.05) is 20.3 Å². The molecule has 2 fully saturated rings. The molecule has 0 aliphatic carbocycles. The molecule has 0 radical (unpaired) electrons. The lowest BCUT2D eigenvalue weighted by Gasteiger charge is -2.28. The molecule has 156 valence electrons. The Morgan fingerprint density at radius 1 is 1.20 bits per heavy atom. The van der Waals surface area contributed by atoms with Gasteiger partial charge in [0.15, 0.2) is 0 Å². The molecule has 0 unspecified atom stereocenters. The lowest BCUT2D eigenvalue weighted by molar-refractivity contribution is -0.140. The number of ketones is 1. The fourth-order valence-electron chi connectivity index (χ4n) is 4.00. The maximum absolute atomic E-state index is 13.0. The fraction of sp³-hybridized carbons (Fsp3) is 0.304. The van der Waals surface area contributed by atoms with Gasteiger partial charge in [0.2, 0.25) is 0 Å². The molecular formula is C23H22ClNO5. The summed E-state index contributed by atoms with van der Waals surface area (Å²) in [5.74, 6) is -1.01. The zero-order valence-electron chi connectivity index (χ0n) is 16.5. The fourth-order valence-corrected chi connectivity index (χ4v) is 4.24. The highest BCUT2D eigenvalue weighted by Gasteiger charge is 2.47. The predicted molar refractivity (Wildman–Crippen MR) is 112 cm³/mol. The highest BCUT2D eigenvalue weighted by Crippen LogP contribution is 2.42. The minimum Gasteiger partial charge on any atom is -0.507 e. The Labute approximate surface area is 179 Å². The lowest BCUT2D eigenvalue weighted by Crippen LogP contribution is -2.36. The van der Waals surface area contributed by atoms with E-state index in [0.29, 0.717) is 28.5 Å². The van der Waals surface area contributed by atoms with E-state index in [4.69, 9.17) is 21.1 Å². The summed E-state index contributed by atoms with van der Waals surface area (Å²) < 4.78 is 10.8. The van der Waals surface area contributed by atoms with Crippen LogP contribution in [0.3, 0.4) is 0 Å². The first-order chi connectivity index (χ1) is 14.5. The summed E-state index contributed by atoms with van der Waals surface area (Å²) in [6.45, 7) is 0.900. The van der Waals surface area contributed by atoms with Crippen LogP contribution in [0.4, 0.5) is 0 Å². The van der Waals surface area contributed by atoms with E-state index in [1.165, 1.54) is 4.90 Å². The van der Waals surface area contributed by atoms with Gasteiger partial charge in [-0.05, 0) is 48.7 Å². The summed E-state index contributed by atoms with van der Waals surface area (Å²) in [7, 11) is 1.54. The molecule has 2 aliphatic heterocycles. The minimum absolute atomic E-state index is 0.0243. The molecule has 2 saturated heterocycles. The van der Waals surface area contributed by atoms with E-state index < -0.39 is 17.7 Å². The summed E-state index contributed by atoms with van der Waals surface area (Å²) in [5, 5.41) is 11.5. The smallest absolute Gasteiger partial charge is 0.295 e. The molecule has 2 aromatic carbocycles. The van der Waals surface area contributed by atoms with Gasteiger partial charge in [-0.3, -0.25) is 9.59 Å². The molecule has 30 heavy (non-hydrogen) atoms. The number of Topliss-reactive ketones (excluding diaryl/α,β-unsaturated/α-hetero) is 1. The van der Waals surface area contributed by atoms with Crippen LogP contribution in [0.1, 0.15) is 30.0 Å². The van der Waals surface area contributed by atoms with Crippen LogP contribution in [0.5, 0.6) is 5.75 Å². The molecular weight excluding hydrogens is 406 g/mol. The number of likely N-dealkylation sites (tertiary alicyclic amines) is 1. The summed E-state index contributed by atoms with van der Waals surface area (Å²) in [6, 6.07) is 12.9. The first-order valence-corrected chi connectivity index (χ1v) is 10.2. The highest BCUT2D eigenvalue weighted by atomic mass is 35.5. The number of hydrogen-bond acceptors (Lipinski definition) is 5. The zero-order chi connectivity index (χ0) is 21.3. The van der Waals surface area contributed by atoms with Crippen molar-refractivity contribution in [2.24, 2.45) is 0 Å². The molecule has 0 spiro atoms. The summed E-state index contributed by atoms with van der Waals surface area (Å²) in [5.41, 5.74) is 1.03. The molecule has 0 aromatic heterocycles. The van der Waals surface area contributed by atoms with Crippen molar-refractivity contribution in [1.82, 2.24) is 4.90 Å². The molecule has 2 aliphatic rings. The van der Waals surface area contributed by atoms with Gasteiger partial charge in [0.25, 0.3) is 11.7 Å². The molecule has 7 heteroatoms. The van der Waals surface area contributed by atoms with Gasteiger partial charge in [0.05, 0.1) is 24.8 Å². The summed E-state index contributed by atoms with van der Waals surface area (Å²) >= 11 is 6.44. The number of halogens is 1. The third kappa shape index (κ3) is 3.68. The van der Waals surface area contributed by atoms with Gasteiger partial charge < -0.3 is 19.5 Å². The topological polar surface area (TPSA) is 76.1 Å². The van der Waals surface area contributed by atoms with Gasteiger partial charge in [-0.2, -0.15) is 0 Å². The average molecular weight is 428 g/mol. The van der Waals surface area contributed by atoms with Crippen molar-refractivity contribution in [3.63, 3.8) is 0 Å². The molecule has 2 aromatic rings. The summed E-state index contributed by atoms with van der Waals surface area (Å²) in [4.78, 5) is 27.4. The maximum Gasteiger partial charge on any atom is 0.295 e. The lowest BCUT2D eigenvalue weighted by atomic mass is 9.95. The molecule has 0 saturated carbocycles. The average Bonchev–Trinajstić information content (AvgIpc) is 3.36. The Hall–Kier alpha value is -2.83. The van der Waals surface area contributed by atoms with Crippen molar-refractivity contribution in [3.8, 4) is 5.75 Å². The number of aliphatic hydroxyl groups excluding tert-OH is 1. The molecule has 0 bridgehead atoms. The van der Waals surface area contributed by atoms with Gasteiger partial charge in [0, 0.05) is 23.7 Å². The number of aliphatic hydroxyl groups is 1. The van der Waals surface area contributed by atoms with Crippen LogP contribution in [-0.4, -0.2) is 48.1 Å². The quantitative estimate of drug-likeness (QED) is 0.444. The van der Waals surface area contributed by atoms with E-state index in [9.17, 15) is 14.7 Å². The normalized spacial score (nSPS) is 23.2. The second-order valence-corrected chi connectivity index (χ2v) is 7.74. The van der Waals surface area contributed by atoms with Crippen molar-refractivity contribution < 1.29 is 24.2 Å². The third-order valence-corrected chi connectivity index (χ3v) is 5.87. The van der Waals surface area contributed by atoms with E-state index in [1.807, 2.05) is 0 Å². The maximum atomic E-state index is 13.0. The van der Waals surface area contributed by atoms with E-state index >= 15 is 0 Å². The molecule has 2 atom stereocenters. The van der Waals surface area contributed by atoms with Crippen LogP contribution >= 0.6 is 11.6 Å². The number of hydrogen-bond donors (Lipinski definition) is 1. The number of benzene rings is 2. The second kappa shape index (κ2) is 8.50. The van der Waals surface area contributed by atoms with Crippen molar-refractivity contribution in [1.29, 1.82) is 0 Å². The van der Waals surface area contributed by atoms with E-state index in [-0.39, 0.29) is 24.0 Å². The Balaban J connectivity index is 1.82. The molecule has 4 rings (SSSR count). The van der Waals surface area contributed by atoms with Gasteiger partial charge in [-0.25, -0.2) is 0 Å². The van der Waals surface area contributed by atoms with Crippen molar-refractivity contribution in [2.45, 2.75) is 25.0 Å². The molecule has 6 nitrogen and oxygen atoms in total. The number of ether oxygens (including phenoxy) is 2. The van der Waals surface area contributed by atoms with Gasteiger partial charge in [0.1, 0.15) is 11.5 Å². The van der Waals surface area contributed by atoms with Crippen LogP contribution in [0.15, 0.2) is 54.1 Å². The highest BCUT2D eigenvalue weighted by molar-refractivity contribution is 6.47. The number of methoxy groups -OCH3 is 1. The monoisotopic (exact) mass is 427 g/mol. The summed E-state index contributed by atoms with van der Waals surface area (Å²) in [6.07, 6.45) is 1.59. The molecule has 2 heterocycles. The number of carbonyl (C=O) groups is 2. The Bertz CT molecular complexity index is 995. The first-order valence-electron chi connectivity index (χ1n) is 9.80. The number of rotatable bonds is 5. The minimum atomic E-state index is -0.787. The molecule has 1 amide bonds.